The van der Waals surface area contributed by atoms with E-state index in [-0.39, 0.29) is 5.25 Å². The Balaban J connectivity index is 3.44. The van der Waals surface area contributed by atoms with Crippen LogP contribution in [0.4, 0.5) is 0 Å². The van der Waals surface area contributed by atoms with Crippen molar-refractivity contribution in [2.75, 3.05) is 0 Å². The first kappa shape index (κ1) is 14.6. The van der Waals surface area contributed by atoms with Gasteiger partial charge in [-0.1, -0.05) is 36.4 Å². The Kier molecular flexibility index (Phi) is 9.27. The van der Waals surface area contributed by atoms with E-state index in [9.17, 15) is 4.79 Å². The van der Waals surface area contributed by atoms with Crippen LogP contribution in [-0.2, 0) is 4.79 Å². The van der Waals surface area contributed by atoms with E-state index in [2.05, 4.69) is 6.92 Å². The summed E-state index contributed by atoms with van der Waals surface area (Å²) in [7, 11) is 4.31. The third-order valence-electron chi connectivity index (χ3n) is 1.39. The number of hydrogen-bond donors (Lipinski definition) is 1. The van der Waals surface area contributed by atoms with Gasteiger partial charge in [-0.25, -0.2) is 0 Å². The Morgan fingerprint density at radius 2 is 2.21 bits per heavy atom. The van der Waals surface area contributed by atoms with Crippen LogP contribution >= 0.6 is 43.6 Å². The predicted octanol–water partition coefficient (Wildman–Crippen LogP) is 4.01. The van der Waals surface area contributed by atoms with Gasteiger partial charge in [0.25, 0.3) is 0 Å². The quantitative estimate of drug-likeness (QED) is 0.556. The van der Waals surface area contributed by atoms with Crippen molar-refractivity contribution >= 4 is 53.8 Å². The first-order valence-corrected chi connectivity index (χ1v) is 8.29. The molecule has 0 aromatic heterocycles. The van der Waals surface area contributed by atoms with E-state index in [1.807, 2.05) is 0 Å². The average Bonchev–Trinajstić information content (AvgIpc) is 2.14. The molecule has 0 spiro atoms. The van der Waals surface area contributed by atoms with Crippen LogP contribution in [0.15, 0.2) is 0 Å². The van der Waals surface area contributed by atoms with E-state index in [0.29, 0.717) is 0 Å². The lowest BCUT2D eigenvalue weighted by molar-refractivity contribution is -0.136. The van der Waals surface area contributed by atoms with Crippen molar-refractivity contribution in [2.45, 2.75) is 38.4 Å². The fourth-order valence-electron chi connectivity index (χ4n) is 0.520. The topological polar surface area (TPSA) is 37.3 Å². The zero-order valence-electron chi connectivity index (χ0n) is 8.19. The van der Waals surface area contributed by atoms with Gasteiger partial charge in [0.05, 0.1) is 4.20 Å². The fourth-order valence-corrected chi connectivity index (χ4v) is 5.25. The highest BCUT2D eigenvalue weighted by atomic mass is 33.5. The number of rotatable bonds is 7. The minimum absolute atomic E-state index is 0.374. The molecule has 1 N–H and O–H groups in total. The lowest BCUT2D eigenvalue weighted by Gasteiger charge is -2.04. The Morgan fingerprint density at radius 3 is 2.71 bits per heavy atom. The van der Waals surface area contributed by atoms with Crippen molar-refractivity contribution in [1.82, 2.24) is 0 Å². The molecule has 0 saturated heterocycles. The Hall–Kier alpha value is 0.610. The van der Waals surface area contributed by atoms with Crippen LogP contribution in [0, 0.1) is 0 Å². The van der Waals surface area contributed by atoms with Crippen LogP contribution in [0.3, 0.4) is 0 Å². The van der Waals surface area contributed by atoms with Gasteiger partial charge in [-0.15, -0.1) is 0 Å². The number of unbranched alkanes of at least 4 members (excludes halogenated alkanes) is 1. The van der Waals surface area contributed by atoms with Crippen LogP contribution in [0.1, 0.15) is 33.1 Å². The zero-order valence-corrected chi connectivity index (χ0v) is 11.5. The Bertz CT molecular complexity index is 196. The fraction of sp³-hybridized carbons (Fsp3) is 0.750. The predicted molar refractivity (Wildman–Crippen MR) is 72.0 cm³/mol. The Morgan fingerprint density at radius 1 is 1.57 bits per heavy atom. The van der Waals surface area contributed by atoms with Crippen molar-refractivity contribution in [1.29, 1.82) is 0 Å². The summed E-state index contributed by atoms with van der Waals surface area (Å²) in [4.78, 5) is 10.5. The normalized spacial score (nSPS) is 12.4. The minimum atomic E-state index is -0.775. The molecule has 82 valence electrons. The van der Waals surface area contributed by atoms with Gasteiger partial charge in [0.1, 0.15) is 5.25 Å². The standard InChI is InChI=1S/C8H14O2S4/c1-3-4-5-7(11)13-14-12-6(2)8(9)10/h6H,3-5H2,1-2H3,(H,9,10). The van der Waals surface area contributed by atoms with Gasteiger partial charge in [-0.2, -0.15) is 0 Å². The summed E-state index contributed by atoms with van der Waals surface area (Å²) >= 11 is 5.12. The number of aliphatic carboxylic acids is 1. The summed E-state index contributed by atoms with van der Waals surface area (Å²) in [5.74, 6) is -0.775. The summed E-state index contributed by atoms with van der Waals surface area (Å²) in [5.41, 5.74) is 0. The molecule has 0 aliphatic carbocycles. The van der Waals surface area contributed by atoms with E-state index < -0.39 is 5.97 Å². The minimum Gasteiger partial charge on any atom is -0.480 e. The van der Waals surface area contributed by atoms with Crippen molar-refractivity contribution in [2.24, 2.45) is 0 Å². The molecule has 0 aliphatic heterocycles. The molecule has 0 aliphatic rings. The molecule has 0 heterocycles. The van der Waals surface area contributed by atoms with Crippen molar-refractivity contribution in [3.8, 4) is 0 Å². The maximum Gasteiger partial charge on any atom is 0.317 e. The second-order valence-electron chi connectivity index (χ2n) is 2.70. The monoisotopic (exact) mass is 270 g/mol. The highest BCUT2D eigenvalue weighted by Crippen LogP contribution is 2.39. The molecule has 0 radical (unpaired) electrons. The molecular weight excluding hydrogens is 256 g/mol. The first-order chi connectivity index (χ1) is 6.57. The molecule has 1 atom stereocenters. The van der Waals surface area contributed by atoms with E-state index in [0.717, 1.165) is 23.5 Å². The molecule has 0 aromatic rings. The highest BCUT2D eigenvalue weighted by molar-refractivity contribution is 9.12. The van der Waals surface area contributed by atoms with Gasteiger partial charge in [-0.05, 0) is 40.4 Å². The highest BCUT2D eigenvalue weighted by Gasteiger charge is 2.12. The molecule has 0 bridgehead atoms. The molecule has 0 saturated carbocycles. The van der Waals surface area contributed by atoms with Crippen LogP contribution in [-0.4, -0.2) is 20.5 Å². The molecule has 0 amide bonds. The average molecular weight is 270 g/mol. The van der Waals surface area contributed by atoms with E-state index in [1.165, 1.54) is 31.4 Å². The van der Waals surface area contributed by atoms with Gasteiger partial charge in [0, 0.05) is 0 Å². The Labute approximate surface area is 102 Å². The van der Waals surface area contributed by atoms with Crippen molar-refractivity contribution in [3.05, 3.63) is 0 Å². The zero-order chi connectivity index (χ0) is 11.0. The van der Waals surface area contributed by atoms with E-state index >= 15 is 0 Å². The number of carboxylic acid groups (broad SMARTS) is 1. The summed E-state index contributed by atoms with van der Waals surface area (Å²) in [6.45, 7) is 3.80. The van der Waals surface area contributed by atoms with E-state index in [4.69, 9.17) is 17.3 Å². The van der Waals surface area contributed by atoms with Gasteiger partial charge in [0.15, 0.2) is 0 Å². The maximum absolute atomic E-state index is 10.5. The molecule has 0 rings (SSSR count). The second-order valence-corrected chi connectivity index (χ2v) is 7.86. The molecule has 6 heteroatoms. The summed E-state index contributed by atoms with van der Waals surface area (Å²) in [5, 5.41) is 8.24. The molecule has 2 nitrogen and oxygen atoms in total. The maximum atomic E-state index is 10.5. The molecule has 1 unspecified atom stereocenters. The molecule has 0 aromatic carbocycles. The summed E-state index contributed by atoms with van der Waals surface area (Å²) in [6.07, 6.45) is 3.21. The number of carbonyl (C=O) groups is 1. The lowest BCUT2D eigenvalue weighted by atomic mass is 10.3. The van der Waals surface area contributed by atoms with Crippen LogP contribution in [0.2, 0.25) is 0 Å². The molecular formula is C8H14O2S4. The molecule has 14 heavy (non-hydrogen) atoms. The van der Waals surface area contributed by atoms with E-state index in [1.54, 1.807) is 6.92 Å². The number of thiocarbonyl (C=S) groups is 1. The van der Waals surface area contributed by atoms with Gasteiger partial charge >= 0.3 is 5.97 Å². The lowest BCUT2D eigenvalue weighted by Crippen LogP contribution is -2.09. The third kappa shape index (κ3) is 7.96. The van der Waals surface area contributed by atoms with Crippen LogP contribution < -0.4 is 0 Å². The molecule has 0 fully saturated rings. The van der Waals surface area contributed by atoms with Gasteiger partial charge in [0.2, 0.25) is 0 Å². The van der Waals surface area contributed by atoms with Crippen LogP contribution in [0.5, 0.6) is 0 Å². The third-order valence-corrected chi connectivity index (χ3v) is 6.42. The summed E-state index contributed by atoms with van der Waals surface area (Å²) < 4.78 is 0.960. The van der Waals surface area contributed by atoms with Crippen LogP contribution in [0.25, 0.3) is 0 Å². The van der Waals surface area contributed by atoms with Gasteiger partial charge in [-0.3, -0.25) is 4.79 Å². The second kappa shape index (κ2) is 8.88. The van der Waals surface area contributed by atoms with Gasteiger partial charge < -0.3 is 5.11 Å². The number of carboxylic acids is 1. The summed E-state index contributed by atoms with van der Waals surface area (Å²) in [6, 6.07) is 0. The SMILES string of the molecule is CCCCC(=S)SSSC(C)C(=O)O. The van der Waals surface area contributed by atoms with Crippen molar-refractivity contribution < 1.29 is 9.90 Å². The van der Waals surface area contributed by atoms with Crippen molar-refractivity contribution in [3.63, 3.8) is 0 Å². The smallest absolute Gasteiger partial charge is 0.317 e. The number of hydrogen-bond acceptors (Lipinski definition) is 5. The largest absolute Gasteiger partial charge is 0.480 e. The first-order valence-electron chi connectivity index (χ1n) is 4.33.